The van der Waals surface area contributed by atoms with Crippen LogP contribution in [0.3, 0.4) is 0 Å². The van der Waals surface area contributed by atoms with E-state index in [1.807, 2.05) is 0 Å². The summed E-state index contributed by atoms with van der Waals surface area (Å²) in [6, 6.07) is 8.35. The van der Waals surface area contributed by atoms with Crippen LogP contribution in [0.5, 0.6) is 0 Å². The standard InChI is InChI=1S/C21H25N5O4S/c27-20(24-10-12-25(13-11-24)21-22-8-1-9-23-21)7-4-18-2-5-19(6-3-18)31(28,29)26-14-16-30-17-15-26/h1-9H,10-17H2/b7-4+. The molecule has 0 aliphatic carbocycles. The first kappa shape index (κ1) is 21.4. The molecule has 164 valence electrons. The van der Waals surface area contributed by atoms with Gasteiger partial charge in [-0.25, -0.2) is 18.4 Å². The molecule has 1 aromatic heterocycles. The van der Waals surface area contributed by atoms with Crippen LogP contribution in [0.25, 0.3) is 6.08 Å². The fourth-order valence-electron chi connectivity index (χ4n) is 3.54. The molecule has 4 rings (SSSR count). The largest absolute Gasteiger partial charge is 0.379 e. The highest BCUT2D eigenvalue weighted by molar-refractivity contribution is 7.89. The molecule has 0 radical (unpaired) electrons. The third-order valence-corrected chi connectivity index (χ3v) is 7.25. The van der Waals surface area contributed by atoms with Crippen LogP contribution in [-0.4, -0.2) is 86.0 Å². The smallest absolute Gasteiger partial charge is 0.246 e. The van der Waals surface area contributed by atoms with Crippen molar-refractivity contribution >= 4 is 28.0 Å². The Labute approximate surface area is 182 Å². The molecule has 2 aromatic rings. The molecule has 2 fully saturated rings. The van der Waals surface area contributed by atoms with Crippen LogP contribution in [0.2, 0.25) is 0 Å². The van der Waals surface area contributed by atoms with Crippen LogP contribution >= 0.6 is 0 Å². The molecule has 0 atom stereocenters. The van der Waals surface area contributed by atoms with E-state index in [1.165, 1.54) is 10.4 Å². The van der Waals surface area contributed by atoms with Gasteiger partial charge < -0.3 is 14.5 Å². The second kappa shape index (κ2) is 9.54. The number of piperazine rings is 1. The van der Waals surface area contributed by atoms with Gasteiger partial charge in [0.25, 0.3) is 0 Å². The summed E-state index contributed by atoms with van der Waals surface area (Å²) < 4.78 is 32.0. The Morgan fingerprint density at radius 1 is 0.935 bits per heavy atom. The number of sulfonamides is 1. The van der Waals surface area contributed by atoms with Gasteiger partial charge in [-0.1, -0.05) is 12.1 Å². The zero-order valence-electron chi connectivity index (χ0n) is 17.1. The molecule has 31 heavy (non-hydrogen) atoms. The molecule has 0 spiro atoms. The summed E-state index contributed by atoms with van der Waals surface area (Å²) in [4.78, 5) is 25.1. The number of aromatic nitrogens is 2. The van der Waals surface area contributed by atoms with E-state index >= 15 is 0 Å². The van der Waals surface area contributed by atoms with E-state index in [0.29, 0.717) is 58.4 Å². The van der Waals surface area contributed by atoms with E-state index in [0.717, 1.165) is 5.56 Å². The zero-order chi connectivity index (χ0) is 21.7. The van der Waals surface area contributed by atoms with Crippen LogP contribution in [0, 0.1) is 0 Å². The maximum atomic E-state index is 12.7. The van der Waals surface area contributed by atoms with Crippen molar-refractivity contribution < 1.29 is 17.9 Å². The third-order valence-electron chi connectivity index (χ3n) is 5.33. The van der Waals surface area contributed by atoms with E-state index in [-0.39, 0.29) is 10.8 Å². The van der Waals surface area contributed by atoms with Crippen LogP contribution < -0.4 is 4.90 Å². The van der Waals surface area contributed by atoms with Crippen LogP contribution in [0.1, 0.15) is 5.56 Å². The molecule has 0 bridgehead atoms. The Kier molecular flexibility index (Phi) is 6.59. The number of amides is 1. The van der Waals surface area contributed by atoms with Gasteiger partial charge in [0.15, 0.2) is 0 Å². The molecule has 2 aliphatic rings. The topological polar surface area (TPSA) is 95.9 Å². The summed E-state index contributed by atoms with van der Waals surface area (Å²) in [5.41, 5.74) is 0.769. The average Bonchev–Trinajstić information content (AvgIpc) is 2.84. The Hall–Kier alpha value is -2.82. The van der Waals surface area contributed by atoms with Crippen molar-refractivity contribution in [2.24, 2.45) is 0 Å². The van der Waals surface area contributed by atoms with Crippen molar-refractivity contribution in [2.75, 3.05) is 57.4 Å². The predicted molar refractivity (Wildman–Crippen MR) is 116 cm³/mol. The lowest BCUT2D eigenvalue weighted by atomic mass is 10.2. The van der Waals surface area contributed by atoms with Gasteiger partial charge in [-0.15, -0.1) is 0 Å². The second-order valence-electron chi connectivity index (χ2n) is 7.28. The molecule has 1 amide bonds. The minimum Gasteiger partial charge on any atom is -0.379 e. The highest BCUT2D eigenvalue weighted by atomic mass is 32.2. The summed E-state index contributed by atoms with van der Waals surface area (Å²) in [6.07, 6.45) is 6.65. The summed E-state index contributed by atoms with van der Waals surface area (Å²) >= 11 is 0. The molecular formula is C21H25N5O4S. The number of carbonyl (C=O) groups is 1. The number of anilines is 1. The number of carbonyl (C=O) groups excluding carboxylic acids is 1. The molecule has 10 heteroatoms. The summed E-state index contributed by atoms with van der Waals surface area (Å²) in [6.45, 7) is 4.10. The fourth-order valence-corrected chi connectivity index (χ4v) is 4.95. The van der Waals surface area contributed by atoms with Gasteiger partial charge in [0.2, 0.25) is 21.9 Å². The number of benzene rings is 1. The number of rotatable bonds is 5. The Morgan fingerprint density at radius 3 is 2.23 bits per heavy atom. The minimum absolute atomic E-state index is 0.0707. The highest BCUT2D eigenvalue weighted by Crippen LogP contribution is 2.18. The Balaban J connectivity index is 1.33. The molecule has 9 nitrogen and oxygen atoms in total. The first-order valence-electron chi connectivity index (χ1n) is 10.2. The van der Waals surface area contributed by atoms with Crippen molar-refractivity contribution in [3.05, 3.63) is 54.4 Å². The highest BCUT2D eigenvalue weighted by Gasteiger charge is 2.26. The molecule has 2 saturated heterocycles. The summed E-state index contributed by atoms with van der Waals surface area (Å²) in [7, 11) is -3.52. The van der Waals surface area contributed by atoms with E-state index in [9.17, 15) is 13.2 Å². The predicted octanol–water partition coefficient (Wildman–Crippen LogP) is 0.859. The second-order valence-corrected chi connectivity index (χ2v) is 9.22. The number of morpholine rings is 1. The van der Waals surface area contributed by atoms with E-state index in [1.54, 1.807) is 53.7 Å². The number of nitrogens with zero attached hydrogens (tertiary/aromatic N) is 5. The third kappa shape index (κ3) is 5.09. The lowest BCUT2D eigenvalue weighted by Crippen LogP contribution is -2.48. The lowest BCUT2D eigenvalue weighted by Gasteiger charge is -2.34. The summed E-state index contributed by atoms with van der Waals surface area (Å²) in [5, 5.41) is 0. The van der Waals surface area contributed by atoms with E-state index in [2.05, 4.69) is 14.9 Å². The van der Waals surface area contributed by atoms with Gasteiger partial charge in [-0.3, -0.25) is 4.79 Å². The van der Waals surface area contributed by atoms with E-state index < -0.39 is 10.0 Å². The van der Waals surface area contributed by atoms with Crippen molar-refractivity contribution in [2.45, 2.75) is 4.90 Å². The Morgan fingerprint density at radius 2 is 1.58 bits per heavy atom. The quantitative estimate of drug-likeness (QED) is 0.633. The first-order chi connectivity index (χ1) is 15.0. The molecule has 1 aromatic carbocycles. The van der Waals surface area contributed by atoms with E-state index in [4.69, 9.17) is 4.74 Å². The normalized spacial score (nSPS) is 18.5. The maximum absolute atomic E-state index is 12.7. The molecule has 0 unspecified atom stereocenters. The molecule has 0 saturated carbocycles. The van der Waals surface area contributed by atoms with Gasteiger partial charge in [0.1, 0.15) is 0 Å². The fraction of sp³-hybridized carbons (Fsp3) is 0.381. The van der Waals surface area contributed by atoms with Crippen molar-refractivity contribution in [1.82, 2.24) is 19.2 Å². The van der Waals surface area contributed by atoms with Gasteiger partial charge in [0.05, 0.1) is 18.1 Å². The Bertz CT molecular complexity index is 1010. The van der Waals surface area contributed by atoms with Crippen molar-refractivity contribution in [3.63, 3.8) is 0 Å². The zero-order valence-corrected chi connectivity index (χ0v) is 17.9. The van der Waals surface area contributed by atoms with Gasteiger partial charge in [-0.05, 0) is 29.8 Å². The van der Waals surface area contributed by atoms with Crippen LogP contribution in [0.4, 0.5) is 5.95 Å². The number of ether oxygens (including phenoxy) is 1. The number of hydrogen-bond donors (Lipinski definition) is 0. The van der Waals surface area contributed by atoms with Crippen molar-refractivity contribution in [1.29, 1.82) is 0 Å². The maximum Gasteiger partial charge on any atom is 0.246 e. The number of hydrogen-bond acceptors (Lipinski definition) is 7. The average molecular weight is 444 g/mol. The monoisotopic (exact) mass is 443 g/mol. The summed E-state index contributed by atoms with van der Waals surface area (Å²) in [5.74, 6) is 0.607. The molecule has 2 aliphatic heterocycles. The molecular weight excluding hydrogens is 418 g/mol. The van der Waals surface area contributed by atoms with Crippen LogP contribution in [0.15, 0.2) is 53.7 Å². The molecule has 3 heterocycles. The van der Waals surface area contributed by atoms with Gasteiger partial charge in [0, 0.05) is 57.7 Å². The van der Waals surface area contributed by atoms with Crippen molar-refractivity contribution in [3.8, 4) is 0 Å². The minimum atomic E-state index is -3.52. The SMILES string of the molecule is O=C(/C=C/c1ccc(S(=O)(=O)N2CCOCC2)cc1)N1CCN(c2ncccn2)CC1. The van der Waals surface area contributed by atoms with Gasteiger partial charge in [-0.2, -0.15) is 4.31 Å². The van der Waals surface area contributed by atoms with Crippen LogP contribution in [-0.2, 0) is 19.6 Å². The first-order valence-corrected chi connectivity index (χ1v) is 11.6. The molecule has 0 N–H and O–H groups in total. The lowest BCUT2D eigenvalue weighted by molar-refractivity contribution is -0.126. The van der Waals surface area contributed by atoms with Gasteiger partial charge >= 0.3 is 0 Å².